The Bertz CT molecular complexity index is 351. The Morgan fingerprint density at radius 3 is 2.82 bits per heavy atom. The first-order chi connectivity index (χ1) is 8.33. The van der Waals surface area contributed by atoms with Crippen molar-refractivity contribution in [3.63, 3.8) is 0 Å². The van der Waals surface area contributed by atoms with Crippen LogP contribution in [-0.2, 0) is 0 Å². The molecule has 2 atom stereocenters. The zero-order chi connectivity index (χ0) is 12.1. The van der Waals surface area contributed by atoms with Crippen molar-refractivity contribution in [2.75, 3.05) is 17.2 Å². The number of rotatable bonds is 7. The van der Waals surface area contributed by atoms with E-state index in [0.717, 1.165) is 30.5 Å². The molecule has 1 aliphatic rings. The summed E-state index contributed by atoms with van der Waals surface area (Å²) >= 11 is 0. The third-order valence-electron chi connectivity index (χ3n) is 3.22. The lowest BCUT2D eigenvalue weighted by Crippen LogP contribution is -2.08. The van der Waals surface area contributed by atoms with Crippen LogP contribution in [0, 0.1) is 5.92 Å². The van der Waals surface area contributed by atoms with Gasteiger partial charge in [0, 0.05) is 12.6 Å². The maximum Gasteiger partial charge on any atom is 0.128 e. The second kappa shape index (κ2) is 5.89. The highest BCUT2D eigenvalue weighted by molar-refractivity contribution is 5.46. The van der Waals surface area contributed by atoms with Gasteiger partial charge in [-0.25, -0.2) is 4.98 Å². The Morgan fingerprint density at radius 1 is 1.24 bits per heavy atom. The normalized spacial score (nSPS) is 22.2. The number of hydrogen-bond donors (Lipinski definition) is 2. The Hall–Kier alpha value is -1.25. The summed E-state index contributed by atoms with van der Waals surface area (Å²) in [5.74, 6) is 2.85. The molecule has 0 amide bonds. The molecule has 3 nitrogen and oxygen atoms in total. The van der Waals surface area contributed by atoms with Crippen molar-refractivity contribution in [2.24, 2.45) is 5.92 Å². The number of anilines is 2. The molecule has 1 fully saturated rings. The van der Waals surface area contributed by atoms with Crippen molar-refractivity contribution in [1.82, 2.24) is 4.98 Å². The average molecular weight is 233 g/mol. The maximum atomic E-state index is 4.56. The summed E-state index contributed by atoms with van der Waals surface area (Å²) in [6, 6.07) is 6.80. The highest BCUT2D eigenvalue weighted by Crippen LogP contribution is 2.36. The molecule has 0 radical (unpaired) electrons. The van der Waals surface area contributed by atoms with Gasteiger partial charge in [0.1, 0.15) is 11.6 Å². The van der Waals surface area contributed by atoms with Crippen molar-refractivity contribution >= 4 is 11.6 Å². The zero-order valence-electron chi connectivity index (χ0n) is 10.9. The summed E-state index contributed by atoms with van der Waals surface area (Å²) in [6.45, 7) is 5.40. The molecule has 1 heterocycles. The van der Waals surface area contributed by atoms with Gasteiger partial charge in [-0.05, 0) is 37.3 Å². The van der Waals surface area contributed by atoms with E-state index < -0.39 is 0 Å². The van der Waals surface area contributed by atoms with E-state index in [1.807, 2.05) is 6.07 Å². The first-order valence-corrected chi connectivity index (χ1v) is 6.81. The Morgan fingerprint density at radius 2 is 2.06 bits per heavy atom. The number of pyridine rings is 1. The smallest absolute Gasteiger partial charge is 0.128 e. The Labute approximate surface area is 104 Å². The van der Waals surface area contributed by atoms with E-state index in [-0.39, 0.29) is 0 Å². The van der Waals surface area contributed by atoms with Crippen molar-refractivity contribution in [3.8, 4) is 0 Å². The van der Waals surface area contributed by atoms with E-state index in [0.29, 0.717) is 6.04 Å². The van der Waals surface area contributed by atoms with Gasteiger partial charge in [0.15, 0.2) is 0 Å². The van der Waals surface area contributed by atoms with E-state index >= 15 is 0 Å². The van der Waals surface area contributed by atoms with Crippen molar-refractivity contribution in [3.05, 3.63) is 18.2 Å². The molecule has 0 aliphatic heterocycles. The summed E-state index contributed by atoms with van der Waals surface area (Å²) in [5.41, 5.74) is 0. The van der Waals surface area contributed by atoms with Crippen LogP contribution in [0.25, 0.3) is 0 Å². The summed E-state index contributed by atoms with van der Waals surface area (Å²) in [4.78, 5) is 4.56. The molecule has 3 heteroatoms. The van der Waals surface area contributed by atoms with E-state index in [1.165, 1.54) is 19.3 Å². The molecule has 0 aromatic carbocycles. The van der Waals surface area contributed by atoms with Crippen LogP contribution in [0.15, 0.2) is 18.2 Å². The van der Waals surface area contributed by atoms with Gasteiger partial charge in [0.25, 0.3) is 0 Å². The molecule has 94 valence electrons. The lowest BCUT2D eigenvalue weighted by Gasteiger charge is -2.08. The first kappa shape index (κ1) is 12.2. The van der Waals surface area contributed by atoms with Gasteiger partial charge < -0.3 is 10.6 Å². The summed E-state index contributed by atoms with van der Waals surface area (Å²) in [6.07, 6.45) is 5.06. The van der Waals surface area contributed by atoms with Gasteiger partial charge in [-0.2, -0.15) is 0 Å². The van der Waals surface area contributed by atoms with E-state index in [2.05, 4.69) is 41.6 Å². The molecule has 1 aromatic rings. The largest absolute Gasteiger partial charge is 0.370 e. The fraction of sp³-hybridized carbons (Fsp3) is 0.643. The summed E-state index contributed by atoms with van der Waals surface area (Å²) in [7, 11) is 0. The summed E-state index contributed by atoms with van der Waals surface area (Å²) in [5, 5.41) is 6.83. The second-order valence-corrected chi connectivity index (χ2v) is 4.87. The fourth-order valence-electron chi connectivity index (χ4n) is 2.17. The average Bonchev–Trinajstić information content (AvgIpc) is 3.06. The van der Waals surface area contributed by atoms with Gasteiger partial charge in [-0.3, -0.25) is 0 Å². The number of nitrogens with one attached hydrogen (secondary N) is 2. The van der Waals surface area contributed by atoms with Crippen LogP contribution in [0.4, 0.5) is 11.6 Å². The van der Waals surface area contributed by atoms with Gasteiger partial charge >= 0.3 is 0 Å². The SMILES string of the molecule is CCCNc1cccc(NC2CC2CCC)n1. The van der Waals surface area contributed by atoms with Crippen molar-refractivity contribution in [1.29, 1.82) is 0 Å². The van der Waals surface area contributed by atoms with E-state index in [1.54, 1.807) is 0 Å². The predicted octanol–water partition coefficient (Wildman–Crippen LogP) is 3.50. The monoisotopic (exact) mass is 233 g/mol. The molecule has 2 N–H and O–H groups in total. The first-order valence-electron chi connectivity index (χ1n) is 6.81. The van der Waals surface area contributed by atoms with Crippen molar-refractivity contribution < 1.29 is 0 Å². The molecule has 0 spiro atoms. The minimum atomic E-state index is 0.656. The topological polar surface area (TPSA) is 37.0 Å². The Balaban J connectivity index is 1.84. The summed E-state index contributed by atoms with van der Waals surface area (Å²) < 4.78 is 0. The third kappa shape index (κ3) is 3.62. The van der Waals surface area contributed by atoms with Gasteiger partial charge in [0.2, 0.25) is 0 Å². The highest BCUT2D eigenvalue weighted by Gasteiger charge is 2.35. The molecule has 0 bridgehead atoms. The maximum absolute atomic E-state index is 4.56. The number of hydrogen-bond acceptors (Lipinski definition) is 3. The third-order valence-corrected chi connectivity index (χ3v) is 3.22. The van der Waals surface area contributed by atoms with Crippen LogP contribution in [0.5, 0.6) is 0 Å². The lowest BCUT2D eigenvalue weighted by atomic mass is 10.2. The van der Waals surface area contributed by atoms with Crippen LogP contribution in [0.2, 0.25) is 0 Å². The molecular formula is C14H23N3. The van der Waals surface area contributed by atoms with Crippen LogP contribution in [0.3, 0.4) is 0 Å². The van der Waals surface area contributed by atoms with Crippen LogP contribution >= 0.6 is 0 Å². The highest BCUT2D eigenvalue weighted by atomic mass is 15.1. The molecule has 1 aromatic heterocycles. The van der Waals surface area contributed by atoms with Gasteiger partial charge in [-0.1, -0.05) is 26.3 Å². The fourth-order valence-corrected chi connectivity index (χ4v) is 2.17. The Kier molecular flexibility index (Phi) is 4.24. The predicted molar refractivity (Wildman–Crippen MR) is 73.4 cm³/mol. The minimum absolute atomic E-state index is 0.656. The van der Waals surface area contributed by atoms with Gasteiger partial charge in [-0.15, -0.1) is 0 Å². The lowest BCUT2D eigenvalue weighted by molar-refractivity contribution is 0.692. The molecule has 17 heavy (non-hydrogen) atoms. The molecule has 1 saturated carbocycles. The van der Waals surface area contributed by atoms with Crippen LogP contribution in [0.1, 0.15) is 39.5 Å². The number of nitrogens with zero attached hydrogens (tertiary/aromatic N) is 1. The molecule has 2 rings (SSSR count). The minimum Gasteiger partial charge on any atom is -0.370 e. The standard InChI is InChI=1S/C14H23N3/c1-3-6-11-10-12(11)16-14-8-5-7-13(17-14)15-9-4-2/h5,7-8,11-12H,3-4,6,9-10H2,1-2H3,(H2,15,16,17). The van der Waals surface area contributed by atoms with E-state index in [4.69, 9.17) is 0 Å². The molecule has 0 saturated heterocycles. The molecule has 2 unspecified atom stereocenters. The van der Waals surface area contributed by atoms with Gasteiger partial charge in [0.05, 0.1) is 0 Å². The van der Waals surface area contributed by atoms with Crippen LogP contribution in [-0.4, -0.2) is 17.6 Å². The quantitative estimate of drug-likeness (QED) is 0.756. The second-order valence-electron chi connectivity index (χ2n) is 4.87. The van der Waals surface area contributed by atoms with Crippen molar-refractivity contribution in [2.45, 2.75) is 45.6 Å². The molecule has 1 aliphatic carbocycles. The number of aromatic nitrogens is 1. The molecular weight excluding hydrogens is 210 g/mol. The van der Waals surface area contributed by atoms with E-state index in [9.17, 15) is 0 Å². The van der Waals surface area contributed by atoms with Crippen LogP contribution < -0.4 is 10.6 Å². The zero-order valence-corrected chi connectivity index (χ0v) is 10.9.